The SMILES string of the molecule is CSCCN1CCN(C2CNC2)CC1. The molecule has 0 spiro atoms. The fourth-order valence-electron chi connectivity index (χ4n) is 2.10. The number of nitrogens with one attached hydrogen (secondary N) is 1. The summed E-state index contributed by atoms with van der Waals surface area (Å²) < 4.78 is 0. The molecule has 4 heteroatoms. The summed E-state index contributed by atoms with van der Waals surface area (Å²) in [7, 11) is 0. The number of nitrogens with zero attached hydrogens (tertiary/aromatic N) is 2. The normalized spacial score (nSPS) is 26.4. The summed E-state index contributed by atoms with van der Waals surface area (Å²) in [6, 6.07) is 0.845. The van der Waals surface area contributed by atoms with Crippen molar-refractivity contribution in [1.29, 1.82) is 0 Å². The van der Waals surface area contributed by atoms with E-state index in [1.54, 1.807) is 0 Å². The summed E-state index contributed by atoms with van der Waals surface area (Å²) in [4.78, 5) is 5.24. The van der Waals surface area contributed by atoms with Crippen LogP contribution in [0.2, 0.25) is 0 Å². The van der Waals surface area contributed by atoms with Crippen molar-refractivity contribution in [2.45, 2.75) is 6.04 Å². The van der Waals surface area contributed by atoms with E-state index in [1.807, 2.05) is 11.8 Å². The van der Waals surface area contributed by atoms with Crippen molar-refractivity contribution < 1.29 is 0 Å². The number of rotatable bonds is 4. The smallest absolute Gasteiger partial charge is 0.0346 e. The molecule has 82 valence electrons. The van der Waals surface area contributed by atoms with Crippen LogP contribution in [0, 0.1) is 0 Å². The maximum Gasteiger partial charge on any atom is 0.0346 e. The van der Waals surface area contributed by atoms with Crippen molar-refractivity contribution in [2.75, 3.05) is 57.8 Å². The average molecular weight is 215 g/mol. The van der Waals surface area contributed by atoms with Gasteiger partial charge in [-0.15, -0.1) is 0 Å². The van der Waals surface area contributed by atoms with Gasteiger partial charge in [0.15, 0.2) is 0 Å². The maximum absolute atomic E-state index is 3.35. The number of hydrogen-bond donors (Lipinski definition) is 1. The molecule has 2 heterocycles. The van der Waals surface area contributed by atoms with E-state index < -0.39 is 0 Å². The van der Waals surface area contributed by atoms with E-state index in [9.17, 15) is 0 Å². The third-order valence-electron chi connectivity index (χ3n) is 3.29. The van der Waals surface area contributed by atoms with E-state index in [1.165, 1.54) is 51.6 Å². The predicted octanol–water partition coefficient (Wildman–Crippen LogP) is -0.0612. The predicted molar refractivity (Wildman–Crippen MR) is 63.1 cm³/mol. The minimum atomic E-state index is 0.845. The molecule has 0 aromatic heterocycles. The molecule has 0 atom stereocenters. The standard InChI is InChI=1S/C10H21N3S/c1-14-7-6-12-2-4-13(5-3-12)10-8-11-9-10/h10-11H,2-9H2,1H3. The molecular formula is C10H21N3S. The van der Waals surface area contributed by atoms with E-state index in [0.29, 0.717) is 0 Å². The minimum absolute atomic E-state index is 0.845. The zero-order chi connectivity index (χ0) is 9.80. The molecule has 2 aliphatic rings. The second kappa shape index (κ2) is 5.35. The van der Waals surface area contributed by atoms with E-state index in [0.717, 1.165) is 6.04 Å². The summed E-state index contributed by atoms with van der Waals surface area (Å²) in [6.45, 7) is 8.81. The highest BCUT2D eigenvalue weighted by Gasteiger charge is 2.27. The monoisotopic (exact) mass is 215 g/mol. The lowest BCUT2D eigenvalue weighted by Crippen LogP contribution is -2.61. The van der Waals surface area contributed by atoms with Gasteiger partial charge in [0.2, 0.25) is 0 Å². The van der Waals surface area contributed by atoms with E-state index in [2.05, 4.69) is 21.4 Å². The molecule has 2 rings (SSSR count). The van der Waals surface area contributed by atoms with Gasteiger partial charge in [-0.1, -0.05) is 0 Å². The quantitative estimate of drug-likeness (QED) is 0.708. The Morgan fingerprint density at radius 3 is 2.43 bits per heavy atom. The fraction of sp³-hybridized carbons (Fsp3) is 1.00. The van der Waals surface area contributed by atoms with Gasteiger partial charge in [-0.3, -0.25) is 9.80 Å². The van der Waals surface area contributed by atoms with Crippen LogP contribution in [0.5, 0.6) is 0 Å². The lowest BCUT2D eigenvalue weighted by Gasteiger charge is -2.43. The van der Waals surface area contributed by atoms with Gasteiger partial charge in [0.05, 0.1) is 0 Å². The van der Waals surface area contributed by atoms with Crippen LogP contribution < -0.4 is 5.32 Å². The molecule has 2 saturated heterocycles. The highest BCUT2D eigenvalue weighted by Crippen LogP contribution is 2.09. The molecule has 0 aliphatic carbocycles. The lowest BCUT2D eigenvalue weighted by molar-refractivity contribution is 0.0759. The van der Waals surface area contributed by atoms with Crippen molar-refractivity contribution in [1.82, 2.24) is 15.1 Å². The Hall–Kier alpha value is 0.230. The minimum Gasteiger partial charge on any atom is -0.314 e. The van der Waals surface area contributed by atoms with Crippen LogP contribution in [0.25, 0.3) is 0 Å². The molecule has 0 bridgehead atoms. The van der Waals surface area contributed by atoms with Crippen LogP contribution in [-0.2, 0) is 0 Å². The van der Waals surface area contributed by atoms with Crippen molar-refractivity contribution in [2.24, 2.45) is 0 Å². The Balaban J connectivity index is 1.64. The second-order valence-electron chi connectivity index (χ2n) is 4.18. The summed E-state index contributed by atoms with van der Waals surface area (Å²) in [5, 5.41) is 3.35. The molecule has 0 unspecified atom stereocenters. The van der Waals surface area contributed by atoms with E-state index >= 15 is 0 Å². The zero-order valence-electron chi connectivity index (χ0n) is 9.04. The maximum atomic E-state index is 3.35. The van der Waals surface area contributed by atoms with Crippen molar-refractivity contribution in [3.8, 4) is 0 Å². The first-order valence-corrected chi connectivity index (χ1v) is 6.95. The number of piperazine rings is 1. The first-order chi connectivity index (χ1) is 6.90. The number of hydrogen-bond acceptors (Lipinski definition) is 4. The summed E-state index contributed by atoms with van der Waals surface area (Å²) >= 11 is 1.95. The topological polar surface area (TPSA) is 18.5 Å². The first-order valence-electron chi connectivity index (χ1n) is 5.56. The van der Waals surface area contributed by atoms with Gasteiger partial charge in [0, 0.05) is 57.6 Å². The van der Waals surface area contributed by atoms with Crippen LogP contribution in [0.1, 0.15) is 0 Å². The largest absolute Gasteiger partial charge is 0.314 e. The molecule has 14 heavy (non-hydrogen) atoms. The van der Waals surface area contributed by atoms with Crippen molar-refractivity contribution >= 4 is 11.8 Å². The van der Waals surface area contributed by atoms with Gasteiger partial charge in [-0.25, -0.2) is 0 Å². The van der Waals surface area contributed by atoms with Crippen LogP contribution in [0.4, 0.5) is 0 Å². The molecule has 0 amide bonds. The first kappa shape index (κ1) is 10.7. The van der Waals surface area contributed by atoms with Gasteiger partial charge < -0.3 is 5.32 Å². The number of thioether (sulfide) groups is 1. The molecule has 2 aliphatic heterocycles. The van der Waals surface area contributed by atoms with Gasteiger partial charge in [0.1, 0.15) is 0 Å². The van der Waals surface area contributed by atoms with Crippen LogP contribution in [0.15, 0.2) is 0 Å². The summed E-state index contributed by atoms with van der Waals surface area (Å²) in [6.07, 6.45) is 2.19. The Labute approximate surface area is 91.2 Å². The molecule has 0 aromatic carbocycles. The molecule has 0 radical (unpaired) electrons. The zero-order valence-corrected chi connectivity index (χ0v) is 9.85. The van der Waals surface area contributed by atoms with Gasteiger partial charge >= 0.3 is 0 Å². The average Bonchev–Trinajstić information content (AvgIpc) is 2.14. The van der Waals surface area contributed by atoms with Crippen molar-refractivity contribution in [3.63, 3.8) is 0 Å². The van der Waals surface area contributed by atoms with Gasteiger partial charge in [-0.2, -0.15) is 11.8 Å². The Bertz CT molecular complexity index is 165. The second-order valence-corrected chi connectivity index (χ2v) is 5.17. The van der Waals surface area contributed by atoms with Crippen LogP contribution >= 0.6 is 11.8 Å². The van der Waals surface area contributed by atoms with Crippen LogP contribution in [0.3, 0.4) is 0 Å². The molecule has 0 aromatic rings. The van der Waals surface area contributed by atoms with Gasteiger partial charge in [-0.05, 0) is 6.26 Å². The summed E-state index contributed by atoms with van der Waals surface area (Å²) in [5.41, 5.74) is 0. The van der Waals surface area contributed by atoms with Gasteiger partial charge in [0.25, 0.3) is 0 Å². The Morgan fingerprint density at radius 1 is 1.21 bits per heavy atom. The van der Waals surface area contributed by atoms with E-state index in [-0.39, 0.29) is 0 Å². The van der Waals surface area contributed by atoms with E-state index in [4.69, 9.17) is 0 Å². The highest BCUT2D eigenvalue weighted by molar-refractivity contribution is 7.98. The molecule has 1 N–H and O–H groups in total. The highest BCUT2D eigenvalue weighted by atomic mass is 32.2. The molecular weight excluding hydrogens is 194 g/mol. The molecule has 0 saturated carbocycles. The van der Waals surface area contributed by atoms with Crippen LogP contribution in [-0.4, -0.2) is 73.7 Å². The third kappa shape index (κ3) is 2.63. The van der Waals surface area contributed by atoms with Crippen molar-refractivity contribution in [3.05, 3.63) is 0 Å². The lowest BCUT2D eigenvalue weighted by atomic mass is 10.1. The summed E-state index contributed by atoms with van der Waals surface area (Å²) in [5.74, 6) is 1.28. The molecule has 3 nitrogen and oxygen atoms in total. The Kier molecular flexibility index (Phi) is 4.10. The fourth-order valence-corrected chi connectivity index (χ4v) is 2.54. The Morgan fingerprint density at radius 2 is 1.93 bits per heavy atom. The molecule has 2 fully saturated rings. The third-order valence-corrected chi connectivity index (χ3v) is 3.89.